The molecule has 0 saturated heterocycles. The van der Waals surface area contributed by atoms with Gasteiger partial charge in [-0.05, 0) is 80.1 Å². The van der Waals surface area contributed by atoms with Crippen LogP contribution in [0.4, 0.5) is 5.69 Å². The second-order valence-corrected chi connectivity index (χ2v) is 13.9. The maximum atomic E-state index is 4.08. The van der Waals surface area contributed by atoms with Crippen molar-refractivity contribution < 1.29 is 4.99 Å². The highest BCUT2D eigenvalue weighted by atomic mass is 79.9. The Hall–Kier alpha value is -3.35. The van der Waals surface area contributed by atoms with Crippen molar-refractivity contribution >= 4 is 103 Å². The third-order valence-electron chi connectivity index (χ3n) is 9.12. The zero-order chi connectivity index (χ0) is 31.2. The summed E-state index contributed by atoms with van der Waals surface area (Å²) in [4.78, 5) is 3.78. The van der Waals surface area contributed by atoms with Gasteiger partial charge in [0.1, 0.15) is 6.54 Å². The van der Waals surface area contributed by atoms with E-state index < -0.39 is 0 Å². The summed E-state index contributed by atoms with van der Waals surface area (Å²) >= 11 is 8.16. The van der Waals surface area contributed by atoms with E-state index in [-0.39, 0.29) is 0 Å². The van der Waals surface area contributed by atoms with Gasteiger partial charge in [-0.2, -0.15) is 0 Å². The number of aryl methyl sites for hydroxylation is 2. The van der Waals surface area contributed by atoms with Crippen LogP contribution in [0.25, 0.3) is 65.2 Å². The average Bonchev–Trinajstić information content (AvgIpc) is 3.05. The van der Waals surface area contributed by atoms with Crippen molar-refractivity contribution in [1.82, 2.24) is 9.13 Å². The van der Waals surface area contributed by atoms with Gasteiger partial charge in [0, 0.05) is 73.7 Å². The standard InChI is InChI=1S/C39H40Br2N4/c1-5-17-42-30-22-32-34(26-15-11-9-13-24(26)30)36-35-27-16-12-10-14-25(27)31(43-18-6-2)23-33(35)45(20-8-4)39-29(41)21-28(40)38(37(36)39)44(32)19-7-3/h9-16,21-23,42H,5-8,17-20H2,1-4H3/p+1. The van der Waals surface area contributed by atoms with Crippen LogP contribution in [0.15, 0.2) is 75.7 Å². The lowest BCUT2D eigenvalue weighted by Gasteiger charge is -2.26. The average molecular weight is 726 g/mol. The van der Waals surface area contributed by atoms with Crippen molar-refractivity contribution in [2.24, 2.45) is 0 Å². The Morgan fingerprint density at radius 2 is 1.16 bits per heavy atom. The maximum Gasteiger partial charge on any atom is 0.208 e. The molecule has 7 rings (SSSR count). The number of hydrogen-bond donors (Lipinski definition) is 2. The molecule has 0 spiro atoms. The van der Waals surface area contributed by atoms with Crippen LogP contribution in [0.2, 0.25) is 0 Å². The Balaban J connectivity index is 1.90. The number of halogens is 2. The van der Waals surface area contributed by atoms with E-state index in [9.17, 15) is 0 Å². The Morgan fingerprint density at radius 3 is 1.73 bits per heavy atom. The number of nitrogens with zero attached hydrogens (tertiary/aromatic N) is 2. The predicted octanol–water partition coefficient (Wildman–Crippen LogP) is 9.77. The number of benzene rings is 5. The van der Waals surface area contributed by atoms with Crippen molar-refractivity contribution in [3.8, 4) is 0 Å². The molecule has 0 radical (unpaired) electrons. The van der Waals surface area contributed by atoms with Gasteiger partial charge < -0.3 is 14.5 Å². The maximum absolute atomic E-state index is 4.08. The first-order valence-electron chi connectivity index (χ1n) is 16.6. The van der Waals surface area contributed by atoms with Gasteiger partial charge in [-0.1, -0.05) is 70.2 Å². The molecule has 0 amide bonds. The zero-order valence-corrected chi connectivity index (χ0v) is 29.8. The molecule has 5 aromatic carbocycles. The normalized spacial score (nSPS) is 12.6. The molecule has 0 unspecified atom stereocenters. The van der Waals surface area contributed by atoms with Crippen LogP contribution in [-0.2, 0) is 13.1 Å². The third kappa shape index (κ3) is 4.79. The number of aromatic nitrogens is 2. The molecule has 0 aliphatic heterocycles. The summed E-state index contributed by atoms with van der Waals surface area (Å²) in [6.45, 7) is 12.8. The number of nitrogens with one attached hydrogen (secondary N) is 2. The van der Waals surface area contributed by atoms with E-state index in [1.807, 2.05) is 0 Å². The second-order valence-electron chi connectivity index (χ2n) is 12.2. The fraction of sp³-hybridized carbons (Fsp3) is 0.308. The molecule has 0 aliphatic rings. The van der Waals surface area contributed by atoms with E-state index in [1.54, 1.807) is 0 Å². The number of hydrogen-bond acceptors (Lipinski definition) is 1. The number of anilines is 1. The lowest BCUT2D eigenvalue weighted by molar-refractivity contribution is -0.498. The fourth-order valence-electron chi connectivity index (χ4n) is 7.38. The highest BCUT2D eigenvalue weighted by Gasteiger charge is 2.25. The van der Waals surface area contributed by atoms with Gasteiger partial charge in [-0.3, -0.25) is 0 Å². The highest BCUT2D eigenvalue weighted by molar-refractivity contribution is 9.11. The Labute approximate surface area is 281 Å². The summed E-state index contributed by atoms with van der Waals surface area (Å²) in [6, 6.07) is 25.1. The molecule has 2 aromatic heterocycles. The van der Waals surface area contributed by atoms with E-state index in [0.29, 0.717) is 0 Å². The first-order chi connectivity index (χ1) is 22.0. The molecule has 0 bridgehead atoms. The van der Waals surface area contributed by atoms with Crippen LogP contribution in [0.1, 0.15) is 53.4 Å². The molecule has 7 aromatic rings. The fourth-order valence-corrected chi connectivity index (χ4v) is 8.97. The van der Waals surface area contributed by atoms with Crippen molar-refractivity contribution in [1.29, 1.82) is 0 Å². The molecule has 45 heavy (non-hydrogen) atoms. The van der Waals surface area contributed by atoms with Crippen LogP contribution in [0, 0.1) is 0 Å². The monoisotopic (exact) mass is 723 g/mol. The molecule has 6 heteroatoms. The van der Waals surface area contributed by atoms with Crippen LogP contribution in [0.3, 0.4) is 0 Å². The first-order valence-corrected chi connectivity index (χ1v) is 18.2. The largest absolute Gasteiger partial charge is 0.384 e. The highest BCUT2D eigenvalue weighted by Crippen LogP contribution is 2.48. The zero-order valence-electron chi connectivity index (χ0n) is 26.7. The van der Waals surface area contributed by atoms with E-state index in [1.165, 1.54) is 76.2 Å². The Kier molecular flexibility index (Phi) is 8.39. The van der Waals surface area contributed by atoms with Crippen molar-refractivity contribution in [3.05, 3.63) is 81.0 Å². The van der Waals surface area contributed by atoms with Gasteiger partial charge in [-0.15, -0.1) is 0 Å². The SMILES string of the molecule is CCCNc1cc2c(c3ccccc13)c1c3c4ccccc4c(=[NH+]CCC)cc3n(CCC)c3c(Br)cc(Br)c(c13)n2CCC. The molecule has 0 atom stereocenters. The second kappa shape index (κ2) is 12.4. The quantitative estimate of drug-likeness (QED) is 0.113. The molecule has 2 heterocycles. The first kappa shape index (κ1) is 30.3. The summed E-state index contributed by atoms with van der Waals surface area (Å²) in [6.07, 6.45) is 4.24. The van der Waals surface area contributed by atoms with Gasteiger partial charge in [0.05, 0.1) is 27.5 Å². The minimum absolute atomic E-state index is 0.930. The number of rotatable bonds is 9. The van der Waals surface area contributed by atoms with Gasteiger partial charge in [-0.25, -0.2) is 4.99 Å². The molecule has 0 aliphatic carbocycles. The van der Waals surface area contributed by atoms with Crippen LogP contribution in [0.5, 0.6) is 0 Å². The molecule has 2 N–H and O–H groups in total. The summed E-state index contributed by atoms with van der Waals surface area (Å²) in [5, 5.41) is 15.4. The van der Waals surface area contributed by atoms with Gasteiger partial charge in [0.15, 0.2) is 0 Å². The van der Waals surface area contributed by atoms with E-state index in [2.05, 4.69) is 146 Å². The molecular weight excluding hydrogens is 684 g/mol. The van der Waals surface area contributed by atoms with Crippen LogP contribution >= 0.6 is 31.9 Å². The molecule has 4 nitrogen and oxygen atoms in total. The summed E-state index contributed by atoms with van der Waals surface area (Å²) < 4.78 is 7.39. The molecule has 0 saturated carbocycles. The van der Waals surface area contributed by atoms with Gasteiger partial charge in [0.2, 0.25) is 5.36 Å². The van der Waals surface area contributed by atoms with Gasteiger partial charge in [0.25, 0.3) is 0 Å². The third-order valence-corrected chi connectivity index (χ3v) is 10.3. The predicted molar refractivity (Wildman–Crippen MR) is 201 cm³/mol. The summed E-state index contributed by atoms with van der Waals surface area (Å²) in [7, 11) is 0. The van der Waals surface area contributed by atoms with Crippen LogP contribution in [-0.4, -0.2) is 22.2 Å². The molecule has 0 fully saturated rings. The minimum atomic E-state index is 0.930. The number of pyridine rings is 2. The summed E-state index contributed by atoms with van der Waals surface area (Å²) in [5.41, 5.74) is 6.28. The lowest BCUT2D eigenvalue weighted by Crippen LogP contribution is -2.76. The Bertz CT molecular complexity index is 2330. The molecule has 230 valence electrons. The molecular formula is C39H41Br2N4+. The van der Waals surface area contributed by atoms with Crippen molar-refractivity contribution in [2.75, 3.05) is 18.4 Å². The van der Waals surface area contributed by atoms with E-state index in [0.717, 1.165) is 60.8 Å². The Morgan fingerprint density at radius 1 is 0.600 bits per heavy atom. The van der Waals surface area contributed by atoms with E-state index >= 15 is 0 Å². The summed E-state index contributed by atoms with van der Waals surface area (Å²) in [5.74, 6) is 0. The minimum Gasteiger partial charge on any atom is -0.384 e. The smallest absolute Gasteiger partial charge is 0.208 e. The van der Waals surface area contributed by atoms with Gasteiger partial charge >= 0.3 is 0 Å². The van der Waals surface area contributed by atoms with Crippen molar-refractivity contribution in [2.45, 2.75) is 66.5 Å². The lowest BCUT2D eigenvalue weighted by atomic mass is 9.91. The number of fused-ring (bicyclic) bond motifs is 8. The van der Waals surface area contributed by atoms with E-state index in [4.69, 9.17) is 0 Å². The van der Waals surface area contributed by atoms with Crippen molar-refractivity contribution in [3.63, 3.8) is 0 Å². The van der Waals surface area contributed by atoms with Crippen LogP contribution < -0.4 is 15.7 Å². The topological polar surface area (TPSA) is 35.9 Å².